The quantitative estimate of drug-likeness (QED) is 0.0414. The fraction of sp³-hybridized carbons (Fsp3) is 0.400. The first kappa shape index (κ1) is 45.6. The lowest BCUT2D eigenvalue weighted by molar-refractivity contribution is -0.139. The molecule has 0 aromatic heterocycles. The van der Waals surface area contributed by atoms with Gasteiger partial charge >= 0.3 is 11.9 Å². The third kappa shape index (κ3) is 13.2. The molecule has 2 N–H and O–H groups in total. The van der Waals surface area contributed by atoms with E-state index in [2.05, 4.69) is 69.5 Å². The molecule has 4 rings (SSSR count). The van der Waals surface area contributed by atoms with Crippen molar-refractivity contribution in [1.29, 1.82) is 0 Å². The zero-order valence-corrected chi connectivity index (χ0v) is 34.8. The van der Waals surface area contributed by atoms with Crippen molar-refractivity contribution >= 4 is 11.9 Å². The topological polar surface area (TPSA) is 102 Å². The van der Waals surface area contributed by atoms with E-state index in [1.54, 1.807) is 19.9 Å². The van der Waals surface area contributed by atoms with Gasteiger partial charge in [-0.1, -0.05) is 94.4 Å². The molecule has 58 heavy (non-hydrogen) atoms. The normalized spacial score (nSPS) is 11.1. The minimum Gasteiger partial charge on any atom is -0.493 e. The molecule has 0 spiro atoms. The Hall–Kier alpha value is -5.05. The summed E-state index contributed by atoms with van der Waals surface area (Å²) in [7, 11) is 0. The molecule has 0 saturated carbocycles. The van der Waals surface area contributed by atoms with Crippen LogP contribution in [0.1, 0.15) is 88.5 Å². The van der Waals surface area contributed by atoms with E-state index in [0.717, 1.165) is 50.9 Å². The number of halogens is 1. The molecule has 7 nitrogen and oxygen atoms in total. The van der Waals surface area contributed by atoms with Gasteiger partial charge in [-0.25, -0.2) is 14.0 Å². The molecule has 8 heteroatoms. The van der Waals surface area contributed by atoms with Gasteiger partial charge < -0.3 is 24.4 Å². The van der Waals surface area contributed by atoms with E-state index in [1.807, 2.05) is 24.3 Å². The zero-order valence-electron chi connectivity index (χ0n) is 34.8. The van der Waals surface area contributed by atoms with Crippen LogP contribution in [0, 0.1) is 11.7 Å². The number of hydrogen-bond donors (Lipinski definition) is 2. The summed E-state index contributed by atoms with van der Waals surface area (Å²) >= 11 is 0. The Morgan fingerprint density at radius 2 is 1.19 bits per heavy atom. The van der Waals surface area contributed by atoms with Crippen molar-refractivity contribution in [3.8, 4) is 39.1 Å². The second-order valence-corrected chi connectivity index (χ2v) is 15.1. The van der Waals surface area contributed by atoms with Crippen molar-refractivity contribution in [2.75, 3.05) is 33.0 Å². The number of aliphatic hydroxyl groups is 2. The summed E-state index contributed by atoms with van der Waals surface area (Å²) in [5.74, 6) is -0.805. The molecular weight excluding hydrogens is 732 g/mol. The molecule has 0 aliphatic heterocycles. The predicted octanol–water partition coefficient (Wildman–Crippen LogP) is 10.6. The summed E-state index contributed by atoms with van der Waals surface area (Å²) in [6, 6.07) is 24.1. The Labute approximate surface area is 344 Å². The smallest absolute Gasteiger partial charge is 0.333 e. The Balaban J connectivity index is 1.69. The predicted molar refractivity (Wildman–Crippen MR) is 231 cm³/mol. The highest BCUT2D eigenvalue weighted by atomic mass is 19.1. The minimum absolute atomic E-state index is 0.155. The molecule has 4 aromatic carbocycles. The summed E-state index contributed by atoms with van der Waals surface area (Å²) in [5.41, 5.74) is 9.91. The zero-order chi connectivity index (χ0) is 42.0. The summed E-state index contributed by atoms with van der Waals surface area (Å²) in [6.45, 7) is 15.2. The summed E-state index contributed by atoms with van der Waals surface area (Å²) < 4.78 is 33.1. The molecule has 0 aliphatic carbocycles. The van der Waals surface area contributed by atoms with Crippen molar-refractivity contribution in [3.63, 3.8) is 0 Å². The highest BCUT2D eigenvalue weighted by Gasteiger charge is 2.18. The number of unbranched alkanes of at least 4 members (excludes halogenated alkanes) is 2. The number of carbonyl (C=O) groups excluding carboxylic acids is 2. The monoisotopic (exact) mass is 792 g/mol. The van der Waals surface area contributed by atoms with Crippen LogP contribution in [-0.2, 0) is 44.7 Å². The van der Waals surface area contributed by atoms with Gasteiger partial charge in [0.2, 0.25) is 0 Å². The second-order valence-electron chi connectivity index (χ2n) is 15.1. The van der Waals surface area contributed by atoms with Gasteiger partial charge in [-0.2, -0.15) is 0 Å². The molecule has 0 radical (unpaired) electrons. The average molecular weight is 793 g/mol. The van der Waals surface area contributed by atoms with Crippen LogP contribution in [0.5, 0.6) is 5.75 Å². The number of rotatable bonds is 24. The highest BCUT2D eigenvalue weighted by molar-refractivity contribution is 5.87. The van der Waals surface area contributed by atoms with Crippen LogP contribution in [0.15, 0.2) is 97.1 Å². The summed E-state index contributed by atoms with van der Waals surface area (Å²) in [4.78, 5) is 24.2. The van der Waals surface area contributed by atoms with E-state index in [1.165, 1.54) is 24.8 Å². The second kappa shape index (κ2) is 23.4. The maximum atomic E-state index is 15.9. The fourth-order valence-electron chi connectivity index (χ4n) is 6.84. The SMILES string of the molecule is C=C(C)C(=O)OCCCc1cc(-c2ccc(-c3ccc(-c4ccc(CCCCC)cc4)cc3F)cc2CC)cc(CCCOC(=O)C(=C)C)c1OCCC(CO)CO. The van der Waals surface area contributed by atoms with E-state index >= 15 is 4.39 Å². The molecular formula is C50H61FO7. The molecule has 0 unspecified atom stereocenters. The van der Waals surface area contributed by atoms with E-state index < -0.39 is 11.9 Å². The first-order chi connectivity index (χ1) is 28.0. The fourth-order valence-corrected chi connectivity index (χ4v) is 6.84. The number of aliphatic hydroxyl groups excluding tert-OH is 2. The van der Waals surface area contributed by atoms with Gasteiger partial charge in [0, 0.05) is 35.8 Å². The van der Waals surface area contributed by atoms with Crippen LogP contribution in [0.2, 0.25) is 0 Å². The van der Waals surface area contributed by atoms with Gasteiger partial charge in [0.1, 0.15) is 11.6 Å². The number of esters is 2. The molecule has 0 bridgehead atoms. The van der Waals surface area contributed by atoms with Crippen molar-refractivity contribution in [2.45, 2.75) is 91.9 Å². The van der Waals surface area contributed by atoms with Crippen LogP contribution in [0.4, 0.5) is 4.39 Å². The van der Waals surface area contributed by atoms with Crippen molar-refractivity contribution in [1.82, 2.24) is 0 Å². The van der Waals surface area contributed by atoms with Crippen molar-refractivity contribution in [2.24, 2.45) is 5.92 Å². The molecule has 0 atom stereocenters. The van der Waals surface area contributed by atoms with Crippen LogP contribution >= 0.6 is 0 Å². The van der Waals surface area contributed by atoms with Gasteiger partial charge in [0.15, 0.2) is 0 Å². The Bertz CT molecular complexity index is 1940. The van der Waals surface area contributed by atoms with Crippen LogP contribution in [-0.4, -0.2) is 55.2 Å². The van der Waals surface area contributed by atoms with E-state index in [4.69, 9.17) is 14.2 Å². The Kier molecular flexibility index (Phi) is 18.4. The van der Waals surface area contributed by atoms with E-state index in [-0.39, 0.29) is 44.8 Å². The van der Waals surface area contributed by atoms with E-state index in [0.29, 0.717) is 61.0 Å². The molecule has 0 heterocycles. The first-order valence-corrected chi connectivity index (χ1v) is 20.7. The third-order valence-corrected chi connectivity index (χ3v) is 10.3. The number of carbonyl (C=O) groups is 2. The molecule has 0 aliphatic rings. The lowest BCUT2D eigenvalue weighted by Gasteiger charge is -2.21. The number of benzene rings is 4. The Morgan fingerprint density at radius 3 is 1.72 bits per heavy atom. The van der Waals surface area contributed by atoms with Gasteiger partial charge in [-0.15, -0.1) is 0 Å². The van der Waals surface area contributed by atoms with Gasteiger partial charge in [0.05, 0.1) is 19.8 Å². The molecule has 0 saturated heterocycles. The lowest BCUT2D eigenvalue weighted by Crippen LogP contribution is -2.16. The molecule has 0 amide bonds. The lowest BCUT2D eigenvalue weighted by atomic mass is 9.89. The number of aryl methyl sites for hydroxylation is 4. The molecule has 4 aromatic rings. The highest BCUT2D eigenvalue weighted by Crippen LogP contribution is 2.37. The summed E-state index contributed by atoms with van der Waals surface area (Å²) in [6.07, 6.45) is 7.90. The maximum Gasteiger partial charge on any atom is 0.333 e. The number of hydrogen-bond acceptors (Lipinski definition) is 7. The number of ether oxygens (including phenoxy) is 3. The van der Waals surface area contributed by atoms with E-state index in [9.17, 15) is 19.8 Å². The third-order valence-electron chi connectivity index (χ3n) is 10.3. The van der Waals surface area contributed by atoms with Crippen LogP contribution < -0.4 is 4.74 Å². The standard InChI is InChI=1S/C50H61FO7/c1-7-9-10-13-36-16-18-39(19-17-36)40-20-23-46(47(51)31-40)41-21-22-45(38(8-2)28-41)44-29-42(14-11-25-57-49(54)34(3)4)48(56-27-24-37(32-52)33-53)43(30-44)15-12-26-58-50(55)35(5)6/h16-23,28-31,37,52-53H,3,5,7-15,24-27,32-33H2,1-2,4,6H3. The molecule has 310 valence electrons. The van der Waals surface area contributed by atoms with Crippen molar-refractivity contribution < 1.29 is 38.4 Å². The van der Waals surface area contributed by atoms with Crippen LogP contribution in [0.25, 0.3) is 33.4 Å². The average Bonchev–Trinajstić information content (AvgIpc) is 3.22. The minimum atomic E-state index is -0.445. The van der Waals surface area contributed by atoms with Crippen molar-refractivity contribution in [3.05, 3.63) is 125 Å². The largest absolute Gasteiger partial charge is 0.493 e. The summed E-state index contributed by atoms with van der Waals surface area (Å²) in [5, 5.41) is 19.3. The van der Waals surface area contributed by atoms with Gasteiger partial charge in [-0.3, -0.25) is 0 Å². The van der Waals surface area contributed by atoms with Gasteiger partial charge in [-0.05, 0) is 133 Å². The maximum absolute atomic E-state index is 15.9. The molecule has 0 fully saturated rings. The van der Waals surface area contributed by atoms with Crippen LogP contribution in [0.3, 0.4) is 0 Å². The Morgan fingerprint density at radius 1 is 0.638 bits per heavy atom. The first-order valence-electron chi connectivity index (χ1n) is 20.7. The van der Waals surface area contributed by atoms with Gasteiger partial charge in [0.25, 0.3) is 0 Å².